The van der Waals surface area contributed by atoms with Crippen LogP contribution in [0.1, 0.15) is 27.8 Å². The molecule has 0 radical (unpaired) electrons. The van der Waals surface area contributed by atoms with Crippen molar-refractivity contribution in [2.45, 2.75) is 34.1 Å². The van der Waals surface area contributed by atoms with E-state index in [9.17, 15) is 4.79 Å². The molecule has 0 fully saturated rings. The van der Waals surface area contributed by atoms with E-state index >= 15 is 0 Å². The smallest absolute Gasteiger partial charge is 0.313 e. The van der Waals surface area contributed by atoms with Gasteiger partial charge >= 0.3 is 5.97 Å². The van der Waals surface area contributed by atoms with E-state index in [1.807, 2.05) is 0 Å². The molecule has 0 aliphatic heterocycles. The van der Waals surface area contributed by atoms with Crippen LogP contribution in [0.25, 0.3) is 0 Å². The summed E-state index contributed by atoms with van der Waals surface area (Å²) in [5.74, 6) is 0.337. The lowest BCUT2D eigenvalue weighted by Crippen LogP contribution is -2.03. The molecular weight excluding hydrogens is 232 g/mol. The highest BCUT2D eigenvalue weighted by atomic mass is 32.2. The van der Waals surface area contributed by atoms with Crippen LogP contribution in [0.15, 0.2) is 6.07 Å². The number of hydrogen-bond acceptors (Lipinski definition) is 2. The molecule has 1 N–H and O–H groups in total. The molecule has 0 aliphatic rings. The Morgan fingerprint density at radius 3 is 2.18 bits per heavy atom. The molecule has 0 spiro atoms. The van der Waals surface area contributed by atoms with Gasteiger partial charge in [0.2, 0.25) is 0 Å². The third-order valence-electron chi connectivity index (χ3n) is 3.24. The van der Waals surface area contributed by atoms with Crippen molar-refractivity contribution in [2.24, 2.45) is 0 Å². The SMILES string of the molecule is Cc1cc(C)c(C)c(CCSCC(=O)O)c1C. The zero-order chi connectivity index (χ0) is 13.0. The van der Waals surface area contributed by atoms with E-state index in [4.69, 9.17) is 5.11 Å². The normalized spacial score (nSPS) is 10.6. The van der Waals surface area contributed by atoms with Crippen molar-refractivity contribution in [3.05, 3.63) is 33.9 Å². The fourth-order valence-electron chi connectivity index (χ4n) is 2.01. The van der Waals surface area contributed by atoms with E-state index in [2.05, 4.69) is 33.8 Å². The minimum absolute atomic E-state index is 0.197. The second-order valence-electron chi connectivity index (χ2n) is 4.44. The third kappa shape index (κ3) is 3.77. The van der Waals surface area contributed by atoms with Gasteiger partial charge in [-0.3, -0.25) is 4.79 Å². The molecule has 0 bridgehead atoms. The van der Waals surface area contributed by atoms with E-state index in [0.717, 1.165) is 12.2 Å². The summed E-state index contributed by atoms with van der Waals surface area (Å²) >= 11 is 1.49. The van der Waals surface area contributed by atoms with Crippen LogP contribution >= 0.6 is 11.8 Å². The highest BCUT2D eigenvalue weighted by Gasteiger charge is 2.08. The van der Waals surface area contributed by atoms with Crippen molar-refractivity contribution in [3.8, 4) is 0 Å². The van der Waals surface area contributed by atoms with Crippen LogP contribution in [-0.2, 0) is 11.2 Å². The van der Waals surface area contributed by atoms with Gasteiger partial charge in [0.1, 0.15) is 0 Å². The summed E-state index contributed by atoms with van der Waals surface area (Å²) in [6.07, 6.45) is 0.956. The first-order chi connectivity index (χ1) is 7.93. The van der Waals surface area contributed by atoms with E-state index in [0.29, 0.717) is 0 Å². The van der Waals surface area contributed by atoms with Crippen LogP contribution in [0.2, 0.25) is 0 Å². The van der Waals surface area contributed by atoms with Crippen LogP contribution in [0, 0.1) is 27.7 Å². The van der Waals surface area contributed by atoms with Gasteiger partial charge in [0.05, 0.1) is 5.75 Å². The minimum atomic E-state index is -0.733. The van der Waals surface area contributed by atoms with Crippen LogP contribution in [0.4, 0.5) is 0 Å². The lowest BCUT2D eigenvalue weighted by atomic mass is 9.93. The summed E-state index contributed by atoms with van der Waals surface area (Å²) in [6, 6.07) is 2.22. The zero-order valence-electron chi connectivity index (χ0n) is 11.0. The van der Waals surface area contributed by atoms with Gasteiger partial charge in [0, 0.05) is 0 Å². The van der Waals surface area contributed by atoms with Crippen molar-refractivity contribution in [3.63, 3.8) is 0 Å². The van der Waals surface area contributed by atoms with Gasteiger partial charge in [-0.2, -0.15) is 0 Å². The van der Waals surface area contributed by atoms with Gasteiger partial charge in [-0.15, -0.1) is 11.8 Å². The second-order valence-corrected chi connectivity index (χ2v) is 5.54. The largest absolute Gasteiger partial charge is 0.481 e. The van der Waals surface area contributed by atoms with Crippen LogP contribution in [0.3, 0.4) is 0 Å². The summed E-state index contributed by atoms with van der Waals surface area (Å²) in [6.45, 7) is 8.57. The van der Waals surface area contributed by atoms with Crippen LogP contribution in [-0.4, -0.2) is 22.6 Å². The number of carboxylic acid groups (broad SMARTS) is 1. The van der Waals surface area contributed by atoms with Gasteiger partial charge in [-0.05, 0) is 67.7 Å². The van der Waals surface area contributed by atoms with E-state index in [1.54, 1.807) is 0 Å². The molecule has 1 rings (SSSR count). The number of hydrogen-bond donors (Lipinski definition) is 1. The average Bonchev–Trinajstić information content (AvgIpc) is 2.25. The lowest BCUT2D eigenvalue weighted by Gasteiger charge is -2.14. The van der Waals surface area contributed by atoms with Crippen molar-refractivity contribution < 1.29 is 9.90 Å². The first kappa shape index (κ1) is 14.1. The number of rotatable bonds is 5. The Bertz CT molecular complexity index is 398. The molecule has 0 aromatic heterocycles. The topological polar surface area (TPSA) is 37.3 Å². The van der Waals surface area contributed by atoms with E-state index in [1.165, 1.54) is 39.6 Å². The molecule has 0 aliphatic carbocycles. The van der Waals surface area contributed by atoms with Gasteiger partial charge in [-0.25, -0.2) is 0 Å². The molecule has 94 valence electrons. The minimum Gasteiger partial charge on any atom is -0.481 e. The summed E-state index contributed by atoms with van der Waals surface area (Å²) in [7, 11) is 0. The highest BCUT2D eigenvalue weighted by Crippen LogP contribution is 2.23. The molecule has 0 amide bonds. The predicted octanol–water partition coefficient (Wildman–Crippen LogP) is 3.28. The molecule has 0 heterocycles. The Kier molecular flexibility index (Phi) is 5.06. The number of benzene rings is 1. The molecule has 0 saturated heterocycles. The maximum Gasteiger partial charge on any atom is 0.313 e. The monoisotopic (exact) mass is 252 g/mol. The standard InChI is InChI=1S/C14H20O2S/c1-9-7-10(2)12(4)13(11(9)3)5-6-17-8-14(15)16/h7H,5-6,8H2,1-4H3,(H,15,16). The van der Waals surface area contributed by atoms with Crippen molar-refractivity contribution in [2.75, 3.05) is 11.5 Å². The Morgan fingerprint density at radius 2 is 1.71 bits per heavy atom. The van der Waals surface area contributed by atoms with E-state index in [-0.39, 0.29) is 5.75 Å². The molecule has 2 nitrogen and oxygen atoms in total. The lowest BCUT2D eigenvalue weighted by molar-refractivity contribution is -0.133. The number of carbonyl (C=O) groups is 1. The maximum absolute atomic E-state index is 10.4. The molecule has 0 atom stereocenters. The summed E-state index contributed by atoms with van der Waals surface area (Å²) in [4.78, 5) is 10.4. The van der Waals surface area contributed by atoms with Gasteiger partial charge in [-0.1, -0.05) is 6.07 Å². The summed E-state index contributed by atoms with van der Waals surface area (Å²) in [5.41, 5.74) is 6.74. The molecule has 0 saturated carbocycles. The zero-order valence-corrected chi connectivity index (χ0v) is 11.8. The second kappa shape index (κ2) is 6.10. The fourth-order valence-corrected chi connectivity index (χ4v) is 2.67. The maximum atomic E-state index is 10.4. The predicted molar refractivity (Wildman–Crippen MR) is 74.1 cm³/mol. The van der Waals surface area contributed by atoms with Crippen molar-refractivity contribution in [1.29, 1.82) is 0 Å². The number of aliphatic carboxylic acids is 1. The Labute approximate surface area is 107 Å². The van der Waals surface area contributed by atoms with Gasteiger partial charge in [0.25, 0.3) is 0 Å². The quantitative estimate of drug-likeness (QED) is 0.817. The molecule has 17 heavy (non-hydrogen) atoms. The molecular formula is C14H20O2S. The Balaban J connectivity index is 2.73. The number of thioether (sulfide) groups is 1. The molecule has 1 aromatic rings. The third-order valence-corrected chi connectivity index (χ3v) is 4.19. The summed E-state index contributed by atoms with van der Waals surface area (Å²) < 4.78 is 0. The Hall–Kier alpha value is -0.960. The average molecular weight is 252 g/mol. The molecule has 0 unspecified atom stereocenters. The van der Waals surface area contributed by atoms with Crippen molar-refractivity contribution >= 4 is 17.7 Å². The number of aryl methyl sites for hydroxylation is 2. The number of carboxylic acids is 1. The highest BCUT2D eigenvalue weighted by molar-refractivity contribution is 7.99. The van der Waals surface area contributed by atoms with Gasteiger partial charge in [0.15, 0.2) is 0 Å². The fraction of sp³-hybridized carbons (Fsp3) is 0.500. The van der Waals surface area contributed by atoms with E-state index < -0.39 is 5.97 Å². The van der Waals surface area contributed by atoms with Crippen molar-refractivity contribution in [1.82, 2.24) is 0 Å². The first-order valence-electron chi connectivity index (χ1n) is 5.79. The Morgan fingerprint density at radius 1 is 1.18 bits per heavy atom. The van der Waals surface area contributed by atoms with Crippen LogP contribution in [0.5, 0.6) is 0 Å². The molecule has 3 heteroatoms. The summed E-state index contributed by atoms with van der Waals surface area (Å²) in [5, 5.41) is 8.59. The first-order valence-corrected chi connectivity index (χ1v) is 6.94. The van der Waals surface area contributed by atoms with Crippen LogP contribution < -0.4 is 0 Å². The molecule has 1 aromatic carbocycles. The van der Waals surface area contributed by atoms with Gasteiger partial charge < -0.3 is 5.11 Å².